The molecule has 0 atom stereocenters. The summed E-state index contributed by atoms with van der Waals surface area (Å²) in [5.74, 6) is 1.24. The number of ketones is 1. The van der Waals surface area contributed by atoms with Crippen molar-refractivity contribution >= 4 is 17.8 Å². The SMILES string of the molecule is CC(C)(C)Oc1ccc(C(C)(C)C)c(OC(C)(C)C)c1C=CC(=O)c1ccc(OC(=O)C(C)(C)C)cc1. The third kappa shape index (κ3) is 9.07. The van der Waals surface area contributed by atoms with Crippen molar-refractivity contribution in [1.82, 2.24) is 0 Å². The lowest BCUT2D eigenvalue weighted by Gasteiger charge is -2.31. The van der Waals surface area contributed by atoms with Crippen molar-refractivity contribution in [3.05, 3.63) is 59.2 Å². The topological polar surface area (TPSA) is 61.8 Å². The van der Waals surface area contributed by atoms with Crippen LogP contribution in [0.2, 0.25) is 0 Å². The molecule has 0 bridgehead atoms. The molecule has 0 aromatic heterocycles. The Morgan fingerprint density at radius 1 is 0.703 bits per heavy atom. The van der Waals surface area contributed by atoms with Crippen LogP contribution >= 0.6 is 0 Å². The highest BCUT2D eigenvalue weighted by molar-refractivity contribution is 6.07. The fraction of sp³-hybridized carbons (Fsp3) is 0.500. The number of esters is 1. The molecule has 0 fully saturated rings. The fourth-order valence-electron chi connectivity index (χ4n) is 3.37. The van der Waals surface area contributed by atoms with Gasteiger partial charge in [-0.05, 0) is 110 Å². The molecule has 37 heavy (non-hydrogen) atoms. The zero-order valence-corrected chi connectivity index (χ0v) is 24.7. The van der Waals surface area contributed by atoms with Crippen LogP contribution in [0, 0.1) is 5.41 Å². The summed E-state index contributed by atoms with van der Waals surface area (Å²) in [6.07, 6.45) is 3.30. The van der Waals surface area contributed by atoms with Gasteiger partial charge < -0.3 is 14.2 Å². The molecule has 2 rings (SSSR count). The van der Waals surface area contributed by atoms with E-state index in [4.69, 9.17) is 14.2 Å². The molecule has 0 aliphatic carbocycles. The van der Waals surface area contributed by atoms with Crippen LogP contribution in [0.1, 0.15) is 105 Å². The van der Waals surface area contributed by atoms with Crippen molar-refractivity contribution in [2.75, 3.05) is 0 Å². The van der Waals surface area contributed by atoms with Crippen LogP contribution in [0.5, 0.6) is 17.2 Å². The predicted molar refractivity (Wildman–Crippen MR) is 151 cm³/mol. The van der Waals surface area contributed by atoms with Crippen LogP contribution in [-0.4, -0.2) is 23.0 Å². The first kappa shape index (κ1) is 30.1. The van der Waals surface area contributed by atoms with Gasteiger partial charge in [0, 0.05) is 11.1 Å². The van der Waals surface area contributed by atoms with E-state index in [0.717, 1.165) is 11.1 Å². The highest BCUT2D eigenvalue weighted by atomic mass is 16.5. The van der Waals surface area contributed by atoms with E-state index < -0.39 is 16.6 Å². The maximum atomic E-state index is 13.1. The van der Waals surface area contributed by atoms with Crippen LogP contribution in [0.4, 0.5) is 0 Å². The van der Waals surface area contributed by atoms with Gasteiger partial charge in [-0.15, -0.1) is 0 Å². The van der Waals surface area contributed by atoms with E-state index in [1.165, 1.54) is 6.08 Å². The second kappa shape index (κ2) is 10.7. The molecular weight excluding hydrogens is 464 g/mol. The lowest BCUT2D eigenvalue weighted by atomic mass is 9.84. The Morgan fingerprint density at radius 3 is 1.70 bits per heavy atom. The molecule has 0 saturated carbocycles. The highest BCUT2D eigenvalue weighted by Gasteiger charge is 2.28. The molecule has 5 nitrogen and oxygen atoms in total. The lowest BCUT2D eigenvalue weighted by Crippen LogP contribution is -2.27. The maximum Gasteiger partial charge on any atom is 0.316 e. The monoisotopic (exact) mass is 508 g/mol. The molecule has 202 valence electrons. The Labute approximate surface area is 223 Å². The van der Waals surface area contributed by atoms with Crippen molar-refractivity contribution < 1.29 is 23.8 Å². The minimum absolute atomic E-state index is 0.182. The van der Waals surface area contributed by atoms with Gasteiger partial charge in [-0.25, -0.2) is 0 Å². The van der Waals surface area contributed by atoms with E-state index in [1.54, 1.807) is 51.1 Å². The normalized spacial score (nSPS) is 13.0. The van der Waals surface area contributed by atoms with Gasteiger partial charge in [0.2, 0.25) is 0 Å². The average molecular weight is 509 g/mol. The van der Waals surface area contributed by atoms with E-state index in [1.807, 2.05) is 53.7 Å². The number of hydrogen-bond acceptors (Lipinski definition) is 5. The van der Waals surface area contributed by atoms with Gasteiger partial charge in [-0.1, -0.05) is 26.8 Å². The molecule has 0 saturated heterocycles. The number of allylic oxidation sites excluding steroid dienone is 1. The van der Waals surface area contributed by atoms with Crippen molar-refractivity contribution in [2.24, 2.45) is 5.41 Å². The number of hydrogen-bond donors (Lipinski definition) is 0. The average Bonchev–Trinajstić information content (AvgIpc) is 2.69. The minimum atomic E-state index is -0.613. The molecular formula is C32H44O5. The molecule has 0 N–H and O–H groups in total. The van der Waals surface area contributed by atoms with Gasteiger partial charge in [0.1, 0.15) is 28.5 Å². The molecule has 0 heterocycles. The lowest BCUT2D eigenvalue weighted by molar-refractivity contribution is -0.143. The Hall–Kier alpha value is -3.08. The van der Waals surface area contributed by atoms with Crippen molar-refractivity contribution in [1.29, 1.82) is 0 Å². The standard InChI is InChI=1S/C32H44O5/c1-29(2,3)24-18-20-26(36-31(7,8)9)23(27(24)37-32(10,11)12)17-19-25(33)21-13-15-22(16-14-21)35-28(34)30(4,5)6/h13-20H,1-12H3. The third-order valence-corrected chi connectivity index (χ3v) is 5.15. The van der Waals surface area contributed by atoms with Gasteiger partial charge >= 0.3 is 5.97 Å². The summed E-state index contributed by atoms with van der Waals surface area (Å²) in [6.45, 7) is 23.8. The molecule has 2 aromatic rings. The number of carbonyl (C=O) groups is 2. The van der Waals surface area contributed by atoms with E-state index in [2.05, 4.69) is 20.8 Å². The van der Waals surface area contributed by atoms with Crippen LogP contribution in [-0.2, 0) is 10.2 Å². The minimum Gasteiger partial charge on any atom is -0.487 e. The number of rotatable bonds is 6. The molecule has 0 spiro atoms. The number of carbonyl (C=O) groups excluding carboxylic acids is 2. The molecule has 5 heteroatoms. The number of benzene rings is 2. The molecule has 0 aliphatic heterocycles. The van der Waals surface area contributed by atoms with Gasteiger partial charge in [-0.3, -0.25) is 9.59 Å². The molecule has 0 unspecified atom stereocenters. The zero-order chi connectivity index (χ0) is 28.4. The summed E-state index contributed by atoms with van der Waals surface area (Å²) in [7, 11) is 0. The molecule has 0 radical (unpaired) electrons. The summed E-state index contributed by atoms with van der Waals surface area (Å²) in [4.78, 5) is 25.3. The largest absolute Gasteiger partial charge is 0.487 e. The Balaban J connectivity index is 2.50. The molecule has 2 aromatic carbocycles. The first-order valence-electron chi connectivity index (χ1n) is 12.8. The van der Waals surface area contributed by atoms with Crippen molar-refractivity contribution in [3.8, 4) is 17.2 Å². The highest BCUT2D eigenvalue weighted by Crippen LogP contribution is 2.42. The van der Waals surface area contributed by atoms with Gasteiger partial charge in [-0.2, -0.15) is 0 Å². The summed E-state index contributed by atoms with van der Waals surface area (Å²) in [5.41, 5.74) is 0.548. The molecule has 0 aliphatic rings. The van der Waals surface area contributed by atoms with Crippen LogP contribution in [0.15, 0.2) is 42.5 Å². The summed E-state index contributed by atoms with van der Waals surface area (Å²) < 4.78 is 18.2. The van der Waals surface area contributed by atoms with Gasteiger partial charge in [0.25, 0.3) is 0 Å². The van der Waals surface area contributed by atoms with Gasteiger partial charge in [0.05, 0.1) is 11.0 Å². The maximum absolute atomic E-state index is 13.1. The third-order valence-electron chi connectivity index (χ3n) is 5.15. The van der Waals surface area contributed by atoms with Crippen LogP contribution in [0.3, 0.4) is 0 Å². The van der Waals surface area contributed by atoms with E-state index in [9.17, 15) is 9.59 Å². The predicted octanol–water partition coefficient (Wildman–Crippen LogP) is 8.19. The first-order chi connectivity index (χ1) is 16.7. The Kier molecular flexibility index (Phi) is 8.74. The van der Waals surface area contributed by atoms with Crippen molar-refractivity contribution in [3.63, 3.8) is 0 Å². The second-order valence-corrected chi connectivity index (χ2v) is 13.4. The van der Waals surface area contributed by atoms with E-state index >= 15 is 0 Å². The van der Waals surface area contributed by atoms with Crippen LogP contribution < -0.4 is 14.2 Å². The van der Waals surface area contributed by atoms with E-state index in [0.29, 0.717) is 22.8 Å². The number of ether oxygens (including phenoxy) is 3. The van der Waals surface area contributed by atoms with Crippen molar-refractivity contribution in [2.45, 2.75) is 99.7 Å². The second-order valence-electron chi connectivity index (χ2n) is 13.4. The zero-order valence-electron chi connectivity index (χ0n) is 24.7. The molecule has 0 amide bonds. The van der Waals surface area contributed by atoms with Gasteiger partial charge in [0.15, 0.2) is 5.78 Å². The Morgan fingerprint density at radius 2 is 1.24 bits per heavy atom. The first-order valence-corrected chi connectivity index (χ1v) is 12.8. The fourth-order valence-corrected chi connectivity index (χ4v) is 3.37. The summed E-state index contributed by atoms with van der Waals surface area (Å²) in [5, 5.41) is 0. The quantitative estimate of drug-likeness (QED) is 0.170. The Bertz CT molecular complexity index is 1140. The van der Waals surface area contributed by atoms with Crippen LogP contribution in [0.25, 0.3) is 6.08 Å². The van der Waals surface area contributed by atoms with E-state index in [-0.39, 0.29) is 17.2 Å². The smallest absolute Gasteiger partial charge is 0.316 e. The summed E-state index contributed by atoms with van der Waals surface area (Å²) in [6, 6.07) is 10.6. The summed E-state index contributed by atoms with van der Waals surface area (Å²) >= 11 is 0.